The second-order valence-electron chi connectivity index (χ2n) is 9.55. The van der Waals surface area contributed by atoms with Gasteiger partial charge in [-0.3, -0.25) is 4.79 Å². The van der Waals surface area contributed by atoms with Crippen LogP contribution in [-0.4, -0.2) is 63.3 Å². The lowest BCUT2D eigenvalue weighted by Gasteiger charge is -2.24. The van der Waals surface area contributed by atoms with Crippen molar-refractivity contribution in [2.45, 2.75) is 39.0 Å². The van der Waals surface area contributed by atoms with Crippen molar-refractivity contribution in [3.63, 3.8) is 0 Å². The van der Waals surface area contributed by atoms with Crippen molar-refractivity contribution >= 4 is 22.8 Å². The van der Waals surface area contributed by atoms with Gasteiger partial charge in [0.15, 0.2) is 12.3 Å². The number of para-hydroxylation sites is 2. The lowest BCUT2D eigenvalue weighted by molar-refractivity contribution is -0.133. The van der Waals surface area contributed by atoms with Gasteiger partial charge in [-0.2, -0.15) is 5.10 Å². The first-order chi connectivity index (χ1) is 18.1. The van der Waals surface area contributed by atoms with Crippen molar-refractivity contribution in [3.05, 3.63) is 72.7 Å². The molecule has 0 aliphatic carbocycles. The summed E-state index contributed by atoms with van der Waals surface area (Å²) in [5.74, 6) is 2.70. The summed E-state index contributed by atoms with van der Waals surface area (Å²) >= 11 is 0. The molecule has 1 saturated heterocycles. The third-order valence-electron chi connectivity index (χ3n) is 6.84. The van der Waals surface area contributed by atoms with Gasteiger partial charge in [0, 0.05) is 32.1 Å². The van der Waals surface area contributed by atoms with Crippen molar-refractivity contribution in [2.75, 3.05) is 37.7 Å². The number of aromatic nitrogens is 4. The molecule has 0 spiro atoms. The van der Waals surface area contributed by atoms with Crippen LogP contribution in [0.1, 0.15) is 44.9 Å². The Hall–Kier alpha value is -3.94. The molecular formula is C29H34N6O2. The maximum absolute atomic E-state index is 12.9. The number of carbonyl (C=O) groups excluding carboxylic acids is 1. The molecule has 37 heavy (non-hydrogen) atoms. The van der Waals surface area contributed by atoms with Gasteiger partial charge < -0.3 is 14.5 Å². The Bertz CT molecular complexity index is 1320. The summed E-state index contributed by atoms with van der Waals surface area (Å²) in [5, 5.41) is 5.63. The normalized spacial score (nSPS) is 15.0. The summed E-state index contributed by atoms with van der Waals surface area (Å²) in [6.45, 7) is 7.25. The molecule has 0 bridgehead atoms. The molecule has 2 aromatic carbocycles. The smallest absolute Gasteiger partial charge is 0.260 e. The Kier molecular flexibility index (Phi) is 7.63. The summed E-state index contributed by atoms with van der Waals surface area (Å²) < 4.78 is 7.60. The number of ether oxygens (including phenoxy) is 1. The molecule has 4 aromatic rings. The van der Waals surface area contributed by atoms with E-state index in [2.05, 4.69) is 18.7 Å². The minimum atomic E-state index is 0.00712. The van der Waals surface area contributed by atoms with Crippen molar-refractivity contribution in [1.82, 2.24) is 24.6 Å². The maximum Gasteiger partial charge on any atom is 0.260 e. The Morgan fingerprint density at radius 1 is 0.973 bits per heavy atom. The molecule has 1 fully saturated rings. The number of anilines is 1. The summed E-state index contributed by atoms with van der Waals surface area (Å²) in [5.41, 5.74) is 1.80. The Labute approximate surface area is 217 Å². The van der Waals surface area contributed by atoms with E-state index < -0.39 is 0 Å². The number of carbonyl (C=O) groups is 1. The third kappa shape index (κ3) is 5.58. The highest BCUT2D eigenvalue weighted by Gasteiger charge is 2.24. The monoisotopic (exact) mass is 498 g/mol. The molecule has 5 rings (SSSR count). The largest absolute Gasteiger partial charge is 0.484 e. The molecule has 2 aromatic heterocycles. The highest BCUT2D eigenvalue weighted by molar-refractivity contribution is 5.88. The van der Waals surface area contributed by atoms with E-state index in [1.807, 2.05) is 76.4 Å². The lowest BCUT2D eigenvalue weighted by Crippen LogP contribution is -2.38. The van der Waals surface area contributed by atoms with Gasteiger partial charge in [-0.25, -0.2) is 14.6 Å². The molecule has 0 radical (unpaired) electrons. The van der Waals surface area contributed by atoms with Gasteiger partial charge in [0.1, 0.15) is 17.4 Å². The first-order valence-corrected chi connectivity index (χ1v) is 13.2. The zero-order chi connectivity index (χ0) is 25.6. The molecule has 192 valence electrons. The zero-order valence-electron chi connectivity index (χ0n) is 21.6. The number of amides is 1. The minimum Gasteiger partial charge on any atom is -0.484 e. The van der Waals surface area contributed by atoms with Crippen LogP contribution in [-0.2, 0) is 4.79 Å². The quantitative estimate of drug-likeness (QED) is 0.346. The second-order valence-corrected chi connectivity index (χ2v) is 9.55. The summed E-state index contributed by atoms with van der Waals surface area (Å²) in [6, 6.07) is 19.6. The van der Waals surface area contributed by atoms with Gasteiger partial charge in [-0.05, 0) is 37.1 Å². The van der Waals surface area contributed by atoms with E-state index in [4.69, 9.17) is 19.8 Å². The first-order valence-electron chi connectivity index (χ1n) is 13.2. The standard InChI is InChI=1S/C29H34N6O2/c1-3-11-22(2)27-31-28(25-20-30-35(29(25)32-27)23-12-6-4-7-13-23)34-17-10-16-33(18-19-34)26(36)21-37-24-14-8-5-9-15-24/h4-9,12-15,20,22H,3,10-11,16-19,21H2,1-2H3. The Morgan fingerprint density at radius 2 is 1.73 bits per heavy atom. The van der Waals surface area contributed by atoms with Crippen LogP contribution in [0.2, 0.25) is 0 Å². The molecule has 8 heteroatoms. The van der Waals surface area contributed by atoms with Crippen LogP contribution in [0, 0.1) is 0 Å². The fourth-order valence-corrected chi connectivity index (χ4v) is 4.82. The molecular weight excluding hydrogens is 464 g/mol. The predicted molar refractivity (Wildman–Crippen MR) is 145 cm³/mol. The predicted octanol–water partition coefficient (Wildman–Crippen LogP) is 4.84. The van der Waals surface area contributed by atoms with Gasteiger partial charge in [-0.1, -0.05) is 56.7 Å². The molecule has 0 saturated carbocycles. The van der Waals surface area contributed by atoms with Crippen LogP contribution in [0.5, 0.6) is 5.75 Å². The molecule has 3 heterocycles. The average Bonchev–Trinajstić information content (AvgIpc) is 3.21. The summed E-state index contributed by atoms with van der Waals surface area (Å²) in [6.07, 6.45) is 4.82. The average molecular weight is 499 g/mol. The summed E-state index contributed by atoms with van der Waals surface area (Å²) in [4.78, 5) is 27.1. The fourth-order valence-electron chi connectivity index (χ4n) is 4.82. The SMILES string of the molecule is CCCC(C)c1nc(N2CCCN(C(=O)COc3ccccc3)CC2)c2cnn(-c3ccccc3)c2n1. The highest BCUT2D eigenvalue weighted by Crippen LogP contribution is 2.29. The number of fused-ring (bicyclic) bond motifs is 1. The molecule has 1 atom stereocenters. The number of nitrogens with zero attached hydrogens (tertiary/aromatic N) is 6. The van der Waals surface area contributed by atoms with Crippen LogP contribution in [0.3, 0.4) is 0 Å². The number of benzene rings is 2. The van der Waals surface area contributed by atoms with Gasteiger partial charge in [0.25, 0.3) is 5.91 Å². The van der Waals surface area contributed by atoms with Gasteiger partial charge in [0.2, 0.25) is 0 Å². The molecule has 1 unspecified atom stereocenters. The van der Waals surface area contributed by atoms with Crippen molar-refractivity contribution in [3.8, 4) is 11.4 Å². The van der Waals surface area contributed by atoms with E-state index in [1.165, 1.54) is 0 Å². The molecule has 1 aliphatic heterocycles. The number of hydrogen-bond donors (Lipinski definition) is 0. The van der Waals surface area contributed by atoms with Crippen molar-refractivity contribution < 1.29 is 9.53 Å². The molecule has 1 amide bonds. The van der Waals surface area contributed by atoms with Crippen LogP contribution >= 0.6 is 0 Å². The van der Waals surface area contributed by atoms with E-state index in [1.54, 1.807) is 0 Å². The fraction of sp³-hybridized carbons (Fsp3) is 0.379. The van der Waals surface area contributed by atoms with E-state index in [-0.39, 0.29) is 18.4 Å². The Balaban J connectivity index is 1.39. The van der Waals surface area contributed by atoms with Crippen LogP contribution in [0.25, 0.3) is 16.7 Å². The van der Waals surface area contributed by atoms with Crippen molar-refractivity contribution in [2.24, 2.45) is 0 Å². The minimum absolute atomic E-state index is 0.00712. The van der Waals surface area contributed by atoms with Crippen LogP contribution in [0.4, 0.5) is 5.82 Å². The van der Waals surface area contributed by atoms with E-state index in [0.29, 0.717) is 25.4 Å². The van der Waals surface area contributed by atoms with Crippen molar-refractivity contribution in [1.29, 1.82) is 0 Å². The molecule has 1 aliphatic rings. The first kappa shape index (κ1) is 24.7. The third-order valence-corrected chi connectivity index (χ3v) is 6.84. The highest BCUT2D eigenvalue weighted by atomic mass is 16.5. The molecule has 0 N–H and O–H groups in total. The number of hydrogen-bond acceptors (Lipinski definition) is 6. The van der Waals surface area contributed by atoms with E-state index in [0.717, 1.165) is 54.2 Å². The van der Waals surface area contributed by atoms with Gasteiger partial charge >= 0.3 is 0 Å². The summed E-state index contributed by atoms with van der Waals surface area (Å²) in [7, 11) is 0. The molecule has 8 nitrogen and oxygen atoms in total. The van der Waals surface area contributed by atoms with E-state index >= 15 is 0 Å². The van der Waals surface area contributed by atoms with Crippen LogP contribution < -0.4 is 9.64 Å². The lowest BCUT2D eigenvalue weighted by atomic mass is 10.1. The van der Waals surface area contributed by atoms with Gasteiger partial charge in [0.05, 0.1) is 17.3 Å². The van der Waals surface area contributed by atoms with Gasteiger partial charge in [-0.15, -0.1) is 0 Å². The van der Waals surface area contributed by atoms with Crippen LogP contribution in [0.15, 0.2) is 66.9 Å². The van der Waals surface area contributed by atoms with E-state index in [9.17, 15) is 4.79 Å². The maximum atomic E-state index is 12.9. The zero-order valence-corrected chi connectivity index (χ0v) is 21.6. The Morgan fingerprint density at radius 3 is 2.49 bits per heavy atom. The number of rotatable bonds is 8. The topological polar surface area (TPSA) is 76.4 Å². The second kappa shape index (κ2) is 11.4.